The molecular weight excluding hydrogens is 196 g/mol. The molecule has 2 aliphatic rings. The average Bonchev–Trinajstić information content (AvgIpc) is 2.82. The van der Waals surface area contributed by atoms with Gasteiger partial charge in [-0.1, -0.05) is 0 Å². The van der Waals surface area contributed by atoms with Gasteiger partial charge >= 0.3 is 5.97 Å². The molecule has 2 aliphatic carbocycles. The first kappa shape index (κ1) is 8.97. The molecule has 1 aromatic rings. The van der Waals surface area contributed by atoms with E-state index in [-0.39, 0.29) is 5.76 Å². The van der Waals surface area contributed by atoms with Gasteiger partial charge in [-0.25, -0.2) is 4.79 Å². The number of aliphatic carboxylic acids is 1. The maximum absolute atomic E-state index is 11.3. The number of carboxylic acid groups (broad SMARTS) is 1. The first-order valence-corrected chi connectivity index (χ1v) is 5.13. The Labute approximate surface area is 86.5 Å². The molecule has 1 unspecified atom stereocenters. The molecule has 0 amide bonds. The molecule has 0 aromatic carbocycles. The third-order valence-electron chi connectivity index (χ3n) is 3.88. The van der Waals surface area contributed by atoms with Crippen molar-refractivity contribution < 1.29 is 19.4 Å². The lowest BCUT2D eigenvalue weighted by Crippen LogP contribution is -2.47. The summed E-state index contributed by atoms with van der Waals surface area (Å²) in [6.07, 6.45) is 4.55. The number of fused-ring (bicyclic) bond motifs is 1. The quantitative estimate of drug-likeness (QED) is 0.729. The van der Waals surface area contributed by atoms with Crippen LogP contribution in [0.1, 0.15) is 30.6 Å². The van der Waals surface area contributed by atoms with Crippen molar-refractivity contribution >= 4 is 5.97 Å². The zero-order valence-corrected chi connectivity index (χ0v) is 8.19. The van der Waals surface area contributed by atoms with Crippen molar-refractivity contribution in [2.45, 2.75) is 31.3 Å². The average molecular weight is 208 g/mol. The zero-order valence-electron chi connectivity index (χ0n) is 8.19. The molecule has 0 radical (unpaired) electrons. The molecule has 80 valence electrons. The van der Waals surface area contributed by atoms with E-state index < -0.39 is 17.0 Å². The van der Waals surface area contributed by atoms with Crippen LogP contribution in [-0.4, -0.2) is 16.2 Å². The van der Waals surface area contributed by atoms with Crippen LogP contribution in [0.4, 0.5) is 0 Å². The summed E-state index contributed by atoms with van der Waals surface area (Å²) in [5.41, 5.74) is -1.44. The molecule has 0 aliphatic heterocycles. The predicted octanol–water partition coefficient (Wildman–Crippen LogP) is 1.28. The Hall–Kier alpha value is -1.29. The summed E-state index contributed by atoms with van der Waals surface area (Å²) in [5.74, 6) is -0.936. The maximum Gasteiger partial charge on any atom is 0.344 e. The second-order valence-electron chi connectivity index (χ2n) is 4.57. The number of aryl methyl sites for hydroxylation is 1. The number of aliphatic hydroxyl groups is 1. The first-order valence-electron chi connectivity index (χ1n) is 5.13. The van der Waals surface area contributed by atoms with Crippen molar-refractivity contribution in [1.82, 2.24) is 0 Å². The van der Waals surface area contributed by atoms with E-state index in [9.17, 15) is 15.0 Å². The van der Waals surface area contributed by atoms with Crippen molar-refractivity contribution in [2.75, 3.05) is 0 Å². The molecule has 0 saturated heterocycles. The smallest absolute Gasteiger partial charge is 0.344 e. The van der Waals surface area contributed by atoms with Gasteiger partial charge in [0.05, 0.1) is 6.26 Å². The molecule has 3 rings (SSSR count). The van der Waals surface area contributed by atoms with Gasteiger partial charge in [0, 0.05) is 5.41 Å². The molecular formula is C11H12O4. The van der Waals surface area contributed by atoms with E-state index in [0.717, 1.165) is 31.2 Å². The summed E-state index contributed by atoms with van der Waals surface area (Å²) in [5, 5.41) is 19.6. The second kappa shape index (κ2) is 2.44. The van der Waals surface area contributed by atoms with E-state index in [1.165, 1.54) is 6.26 Å². The normalized spacial score (nSPS) is 31.3. The topological polar surface area (TPSA) is 70.7 Å². The molecule has 1 spiro atoms. The molecule has 4 heteroatoms. The van der Waals surface area contributed by atoms with Crippen LogP contribution < -0.4 is 0 Å². The van der Waals surface area contributed by atoms with E-state index in [4.69, 9.17) is 4.42 Å². The molecule has 4 nitrogen and oxygen atoms in total. The van der Waals surface area contributed by atoms with Gasteiger partial charge in [-0.2, -0.15) is 0 Å². The number of rotatable bonds is 1. The SMILES string of the molecule is O=C(O)C1(O)c2occc2CCC12CC2. The summed E-state index contributed by atoms with van der Waals surface area (Å²) >= 11 is 0. The number of hydrogen-bond donors (Lipinski definition) is 2. The maximum atomic E-state index is 11.3. The fourth-order valence-electron chi connectivity index (χ4n) is 2.73. The minimum absolute atomic E-state index is 0.249. The summed E-state index contributed by atoms with van der Waals surface area (Å²) in [7, 11) is 0. The van der Waals surface area contributed by atoms with E-state index in [2.05, 4.69) is 0 Å². The molecule has 1 heterocycles. The minimum Gasteiger partial charge on any atom is -0.479 e. The highest BCUT2D eigenvalue weighted by Crippen LogP contribution is 2.64. The second-order valence-corrected chi connectivity index (χ2v) is 4.57. The zero-order chi connectivity index (χ0) is 10.7. The lowest BCUT2D eigenvalue weighted by atomic mass is 9.72. The van der Waals surface area contributed by atoms with Gasteiger partial charge in [-0.15, -0.1) is 0 Å². The first-order chi connectivity index (χ1) is 7.10. The lowest BCUT2D eigenvalue weighted by Gasteiger charge is -2.35. The molecule has 0 bridgehead atoms. The van der Waals surface area contributed by atoms with Crippen molar-refractivity contribution in [1.29, 1.82) is 0 Å². The van der Waals surface area contributed by atoms with Crippen molar-refractivity contribution in [3.63, 3.8) is 0 Å². The molecule has 1 aromatic heterocycles. The van der Waals surface area contributed by atoms with E-state index >= 15 is 0 Å². The fourth-order valence-corrected chi connectivity index (χ4v) is 2.73. The van der Waals surface area contributed by atoms with Crippen LogP contribution in [0.5, 0.6) is 0 Å². The Kier molecular flexibility index (Phi) is 1.46. The summed E-state index contributed by atoms with van der Waals surface area (Å²) in [6, 6.07) is 1.75. The van der Waals surface area contributed by atoms with Crippen molar-refractivity contribution in [3.8, 4) is 0 Å². The van der Waals surface area contributed by atoms with Crippen molar-refractivity contribution in [2.24, 2.45) is 5.41 Å². The molecule has 2 N–H and O–H groups in total. The van der Waals surface area contributed by atoms with Crippen LogP contribution in [0.2, 0.25) is 0 Å². The number of carbonyl (C=O) groups is 1. The number of furan rings is 1. The van der Waals surface area contributed by atoms with Gasteiger partial charge in [0.15, 0.2) is 5.76 Å². The molecule has 1 atom stereocenters. The van der Waals surface area contributed by atoms with Crippen LogP contribution in [0.15, 0.2) is 16.7 Å². The highest BCUT2D eigenvalue weighted by Gasteiger charge is 2.67. The summed E-state index contributed by atoms with van der Waals surface area (Å²) in [6.45, 7) is 0. The van der Waals surface area contributed by atoms with Crippen molar-refractivity contribution in [3.05, 3.63) is 23.7 Å². The van der Waals surface area contributed by atoms with Gasteiger partial charge in [-0.3, -0.25) is 0 Å². The van der Waals surface area contributed by atoms with E-state index in [0.29, 0.717) is 0 Å². The predicted molar refractivity (Wildman–Crippen MR) is 50.2 cm³/mol. The Morgan fingerprint density at radius 2 is 2.13 bits per heavy atom. The fraction of sp³-hybridized carbons (Fsp3) is 0.545. The Balaban J connectivity index is 2.21. The third-order valence-corrected chi connectivity index (χ3v) is 3.88. The largest absolute Gasteiger partial charge is 0.479 e. The highest BCUT2D eigenvalue weighted by atomic mass is 16.4. The molecule has 15 heavy (non-hydrogen) atoms. The Morgan fingerprint density at radius 3 is 2.73 bits per heavy atom. The van der Waals surface area contributed by atoms with Gasteiger partial charge in [0.25, 0.3) is 0 Å². The molecule has 1 saturated carbocycles. The third kappa shape index (κ3) is 0.880. The Bertz CT molecular complexity index is 430. The minimum atomic E-state index is -1.80. The van der Waals surface area contributed by atoms with Crippen LogP contribution in [0.25, 0.3) is 0 Å². The van der Waals surface area contributed by atoms with Gasteiger partial charge < -0.3 is 14.6 Å². The standard InChI is InChI=1S/C11H12O4/c12-9(13)11(14)8-7(2-6-15-8)1-3-10(11)4-5-10/h2,6,14H,1,3-5H2,(H,12,13). The van der Waals surface area contributed by atoms with Gasteiger partial charge in [0.1, 0.15) is 0 Å². The highest BCUT2D eigenvalue weighted by molar-refractivity contribution is 5.81. The molecule has 1 fully saturated rings. The van der Waals surface area contributed by atoms with E-state index in [1.807, 2.05) is 0 Å². The summed E-state index contributed by atoms with van der Waals surface area (Å²) < 4.78 is 5.18. The lowest BCUT2D eigenvalue weighted by molar-refractivity contribution is -0.174. The van der Waals surface area contributed by atoms with Crippen LogP contribution in [0.3, 0.4) is 0 Å². The van der Waals surface area contributed by atoms with E-state index in [1.54, 1.807) is 6.07 Å². The van der Waals surface area contributed by atoms with Gasteiger partial charge in [-0.05, 0) is 37.3 Å². The number of hydrogen-bond acceptors (Lipinski definition) is 3. The van der Waals surface area contributed by atoms with Gasteiger partial charge in [0.2, 0.25) is 5.60 Å². The van der Waals surface area contributed by atoms with Crippen LogP contribution in [0, 0.1) is 5.41 Å². The monoisotopic (exact) mass is 208 g/mol. The number of carboxylic acids is 1. The van der Waals surface area contributed by atoms with Crippen LogP contribution in [-0.2, 0) is 16.8 Å². The Morgan fingerprint density at radius 1 is 1.40 bits per heavy atom. The summed E-state index contributed by atoms with van der Waals surface area (Å²) in [4.78, 5) is 11.3. The van der Waals surface area contributed by atoms with Crippen LogP contribution >= 0.6 is 0 Å².